The van der Waals surface area contributed by atoms with Crippen LogP contribution in [0, 0.1) is 10.1 Å². The predicted molar refractivity (Wildman–Crippen MR) is 99.9 cm³/mol. The van der Waals surface area contributed by atoms with Gasteiger partial charge in [0.15, 0.2) is 0 Å². The molecule has 0 aliphatic carbocycles. The number of hydrogen-bond donors (Lipinski definition) is 1. The molecule has 0 bridgehead atoms. The number of aromatic nitrogens is 2. The Morgan fingerprint density at radius 3 is 2.54 bits per heavy atom. The van der Waals surface area contributed by atoms with E-state index in [1.54, 1.807) is 24.3 Å². The van der Waals surface area contributed by atoms with Gasteiger partial charge in [-0.05, 0) is 24.3 Å². The molecule has 1 aromatic heterocycles. The molecule has 0 saturated carbocycles. The van der Waals surface area contributed by atoms with Crippen molar-refractivity contribution in [2.24, 2.45) is 0 Å². The van der Waals surface area contributed by atoms with Crippen molar-refractivity contribution in [1.29, 1.82) is 0 Å². The lowest BCUT2D eigenvalue weighted by atomic mass is 10.1. The molecule has 0 fully saturated rings. The predicted octanol–water partition coefficient (Wildman–Crippen LogP) is 3.78. The maximum Gasteiger partial charge on any atom is 0.270 e. The summed E-state index contributed by atoms with van der Waals surface area (Å²) in [6.45, 7) is 0. The first-order valence-corrected chi connectivity index (χ1v) is 8.66. The fraction of sp³-hybridized carbons (Fsp3) is 0.0556. The normalized spacial score (nSPS) is 10.3. The average molecular weight is 366 g/mol. The number of para-hydroxylation sites is 1. The van der Waals surface area contributed by atoms with Crippen molar-refractivity contribution >= 4 is 29.0 Å². The molecule has 1 amide bonds. The monoisotopic (exact) mass is 366 g/mol. The number of nitro benzene ring substituents is 1. The van der Waals surface area contributed by atoms with Crippen LogP contribution in [0.2, 0.25) is 0 Å². The van der Waals surface area contributed by atoms with Crippen molar-refractivity contribution in [2.45, 2.75) is 5.03 Å². The van der Waals surface area contributed by atoms with Crippen LogP contribution in [0.15, 0.2) is 71.8 Å². The third kappa shape index (κ3) is 4.64. The number of nitrogens with zero attached hydrogens (tertiary/aromatic N) is 3. The van der Waals surface area contributed by atoms with Crippen LogP contribution in [0.3, 0.4) is 0 Å². The second-order valence-electron chi connectivity index (χ2n) is 5.27. The van der Waals surface area contributed by atoms with Gasteiger partial charge in [-0.1, -0.05) is 42.1 Å². The Bertz CT molecular complexity index is 917. The summed E-state index contributed by atoms with van der Waals surface area (Å²) in [4.78, 5) is 22.3. The smallest absolute Gasteiger partial charge is 0.270 e. The summed E-state index contributed by atoms with van der Waals surface area (Å²) in [6, 6.07) is 18.9. The number of non-ortho nitro benzene ring substituents is 1. The zero-order chi connectivity index (χ0) is 18.4. The summed E-state index contributed by atoms with van der Waals surface area (Å²) in [7, 11) is 0. The second kappa shape index (κ2) is 8.21. The number of carbonyl (C=O) groups is 1. The lowest BCUT2D eigenvalue weighted by Gasteiger charge is -2.05. The van der Waals surface area contributed by atoms with E-state index in [4.69, 9.17) is 0 Å². The van der Waals surface area contributed by atoms with E-state index < -0.39 is 4.92 Å². The number of rotatable bonds is 6. The topological polar surface area (TPSA) is 98.0 Å². The molecule has 3 aromatic rings. The van der Waals surface area contributed by atoms with Gasteiger partial charge in [0.25, 0.3) is 5.69 Å². The van der Waals surface area contributed by atoms with Gasteiger partial charge in [0, 0.05) is 23.4 Å². The zero-order valence-corrected chi connectivity index (χ0v) is 14.3. The van der Waals surface area contributed by atoms with Crippen LogP contribution >= 0.6 is 11.8 Å². The average Bonchev–Trinajstić information content (AvgIpc) is 2.68. The Labute approximate surface area is 153 Å². The molecule has 0 aliphatic heterocycles. The van der Waals surface area contributed by atoms with Crippen molar-refractivity contribution in [1.82, 2.24) is 10.2 Å². The van der Waals surface area contributed by atoms with E-state index in [1.165, 1.54) is 23.9 Å². The number of nitrogens with one attached hydrogen (secondary N) is 1. The number of benzene rings is 2. The third-order valence-corrected chi connectivity index (χ3v) is 4.32. The van der Waals surface area contributed by atoms with E-state index in [-0.39, 0.29) is 17.3 Å². The number of anilines is 1. The molecular formula is C18H14N4O3S. The SMILES string of the molecule is O=C(CSc1ccc(-c2cccc([N+](=O)[O-])c2)nn1)Nc1ccccc1. The van der Waals surface area contributed by atoms with E-state index in [9.17, 15) is 14.9 Å². The maximum absolute atomic E-state index is 11.9. The van der Waals surface area contributed by atoms with E-state index >= 15 is 0 Å². The minimum Gasteiger partial charge on any atom is -0.325 e. The Kier molecular flexibility index (Phi) is 5.55. The minimum atomic E-state index is -0.452. The molecule has 1 heterocycles. The maximum atomic E-state index is 11.9. The molecule has 0 aliphatic rings. The first-order chi connectivity index (χ1) is 12.6. The van der Waals surface area contributed by atoms with Gasteiger partial charge in [0.1, 0.15) is 5.03 Å². The molecule has 130 valence electrons. The van der Waals surface area contributed by atoms with Crippen molar-refractivity contribution in [3.05, 3.63) is 76.8 Å². The Morgan fingerprint density at radius 1 is 1.04 bits per heavy atom. The van der Waals surface area contributed by atoms with Crippen LogP contribution in [-0.4, -0.2) is 26.8 Å². The highest BCUT2D eigenvalue weighted by Gasteiger charge is 2.09. The Balaban J connectivity index is 1.60. The number of hydrogen-bond acceptors (Lipinski definition) is 6. The third-order valence-electron chi connectivity index (χ3n) is 3.40. The first-order valence-electron chi connectivity index (χ1n) is 7.68. The van der Waals surface area contributed by atoms with Crippen LogP contribution in [0.1, 0.15) is 0 Å². The van der Waals surface area contributed by atoms with E-state index in [0.29, 0.717) is 16.3 Å². The van der Waals surface area contributed by atoms with Crippen LogP contribution in [0.25, 0.3) is 11.3 Å². The standard InChI is InChI=1S/C18H14N4O3S/c23-17(19-14-6-2-1-3-7-14)12-26-18-10-9-16(20-21-18)13-5-4-8-15(11-13)22(24)25/h1-11H,12H2,(H,19,23). The van der Waals surface area contributed by atoms with Crippen molar-refractivity contribution < 1.29 is 9.72 Å². The van der Waals surface area contributed by atoms with E-state index in [0.717, 1.165) is 5.69 Å². The summed E-state index contributed by atoms with van der Waals surface area (Å²) in [5.41, 5.74) is 1.89. The van der Waals surface area contributed by atoms with Gasteiger partial charge >= 0.3 is 0 Å². The lowest BCUT2D eigenvalue weighted by Crippen LogP contribution is -2.13. The van der Waals surface area contributed by atoms with Crippen molar-refractivity contribution in [3.8, 4) is 11.3 Å². The highest BCUT2D eigenvalue weighted by Crippen LogP contribution is 2.23. The molecule has 7 nitrogen and oxygen atoms in total. The van der Waals surface area contributed by atoms with Gasteiger partial charge in [-0.25, -0.2) is 0 Å². The second-order valence-corrected chi connectivity index (χ2v) is 6.26. The van der Waals surface area contributed by atoms with Crippen molar-refractivity contribution in [2.75, 3.05) is 11.1 Å². The number of nitro groups is 1. The molecule has 2 aromatic carbocycles. The molecule has 0 unspecified atom stereocenters. The fourth-order valence-corrected chi connectivity index (χ4v) is 2.80. The largest absolute Gasteiger partial charge is 0.325 e. The molecule has 0 atom stereocenters. The van der Waals surface area contributed by atoms with Gasteiger partial charge in [-0.15, -0.1) is 10.2 Å². The summed E-state index contributed by atoms with van der Waals surface area (Å²) >= 11 is 1.27. The number of thioether (sulfide) groups is 1. The van der Waals surface area contributed by atoms with Crippen molar-refractivity contribution in [3.63, 3.8) is 0 Å². The van der Waals surface area contributed by atoms with Gasteiger partial charge in [-0.3, -0.25) is 14.9 Å². The van der Waals surface area contributed by atoms with E-state index in [2.05, 4.69) is 15.5 Å². The molecule has 0 radical (unpaired) electrons. The summed E-state index contributed by atoms with van der Waals surface area (Å²) in [5.74, 6) is 0.0745. The summed E-state index contributed by atoms with van der Waals surface area (Å²) < 4.78 is 0. The van der Waals surface area contributed by atoms with Crippen LogP contribution in [0.5, 0.6) is 0 Å². The quantitative estimate of drug-likeness (QED) is 0.405. The van der Waals surface area contributed by atoms with Crippen LogP contribution in [-0.2, 0) is 4.79 Å². The van der Waals surface area contributed by atoms with E-state index in [1.807, 2.05) is 30.3 Å². The van der Waals surface area contributed by atoms with Gasteiger partial charge in [0.2, 0.25) is 5.91 Å². The first kappa shape index (κ1) is 17.6. The van der Waals surface area contributed by atoms with Crippen LogP contribution < -0.4 is 5.32 Å². The van der Waals surface area contributed by atoms with Crippen LogP contribution in [0.4, 0.5) is 11.4 Å². The van der Waals surface area contributed by atoms with Gasteiger partial charge in [-0.2, -0.15) is 0 Å². The summed E-state index contributed by atoms with van der Waals surface area (Å²) in [6.07, 6.45) is 0. The highest BCUT2D eigenvalue weighted by atomic mass is 32.2. The number of carbonyl (C=O) groups excluding carboxylic acids is 1. The highest BCUT2D eigenvalue weighted by molar-refractivity contribution is 7.99. The van der Waals surface area contributed by atoms with Gasteiger partial charge < -0.3 is 5.32 Å². The fourth-order valence-electron chi connectivity index (χ4n) is 2.19. The van der Waals surface area contributed by atoms with Gasteiger partial charge in [0.05, 0.1) is 16.4 Å². The lowest BCUT2D eigenvalue weighted by molar-refractivity contribution is -0.384. The molecule has 26 heavy (non-hydrogen) atoms. The Morgan fingerprint density at radius 2 is 1.85 bits per heavy atom. The zero-order valence-electron chi connectivity index (χ0n) is 13.5. The number of amides is 1. The summed E-state index contributed by atoms with van der Waals surface area (Å²) in [5, 5.41) is 22.4. The minimum absolute atomic E-state index is 0.000310. The molecule has 3 rings (SSSR count). The molecule has 8 heteroatoms. The molecule has 0 saturated heterocycles. The molecule has 1 N–H and O–H groups in total. The molecular weight excluding hydrogens is 352 g/mol. The molecule has 0 spiro atoms. The Hall–Kier alpha value is -3.26.